The molecule has 0 aliphatic carbocycles. The number of carbonyl (C=O) groups is 2. The third-order valence-electron chi connectivity index (χ3n) is 5.95. The standard InChI is InChI=1S/C27H29FN4O2/c1-18(33)8-4-2-7-11-23(27-30-17-25(32-27)19-9-5-3-6-10-19)31-26(34)14-20-16-29-24-15-21(28)12-13-22(20)24/h3,5-6,9-10,12-13,15-17,23,29,32H,2,4,7-8,11,14H2,1H3,(H,31,34)/q+1/t23-/m0/s1. The van der Waals surface area contributed by atoms with Gasteiger partial charge in [-0.05, 0) is 48.5 Å². The van der Waals surface area contributed by atoms with Crippen LogP contribution in [0.2, 0.25) is 0 Å². The van der Waals surface area contributed by atoms with E-state index in [0.29, 0.717) is 24.2 Å². The van der Waals surface area contributed by atoms with Crippen LogP contribution in [0.4, 0.5) is 4.39 Å². The fraction of sp³-hybridized carbons (Fsp3) is 0.296. The van der Waals surface area contributed by atoms with E-state index >= 15 is 0 Å². The monoisotopic (exact) mass is 460 g/mol. The number of halogens is 1. The first-order valence-corrected chi connectivity index (χ1v) is 11.6. The lowest BCUT2D eigenvalue weighted by Gasteiger charge is -2.15. The number of amidine groups is 1. The van der Waals surface area contributed by atoms with Crippen LogP contribution in [0.3, 0.4) is 0 Å². The van der Waals surface area contributed by atoms with Crippen molar-refractivity contribution in [3.05, 3.63) is 77.9 Å². The highest BCUT2D eigenvalue weighted by molar-refractivity contribution is 5.99. The largest absolute Gasteiger partial charge is 0.361 e. The molecular formula is C27H29FN4O2+. The van der Waals surface area contributed by atoms with E-state index in [4.69, 9.17) is 0 Å². The van der Waals surface area contributed by atoms with E-state index in [2.05, 4.69) is 20.6 Å². The number of Topliss-reactive ketones (excluding diaryl/α,β-unsaturated/α-hetero) is 1. The molecule has 0 bridgehead atoms. The first-order valence-electron chi connectivity index (χ1n) is 11.6. The number of hydrogen-bond acceptors (Lipinski definition) is 4. The summed E-state index contributed by atoms with van der Waals surface area (Å²) in [4.78, 5) is 31.8. The average Bonchev–Trinajstić information content (AvgIpc) is 3.46. The highest BCUT2D eigenvalue weighted by Gasteiger charge is 2.31. The van der Waals surface area contributed by atoms with Gasteiger partial charge in [0.25, 0.3) is 0 Å². The first-order chi connectivity index (χ1) is 16.5. The molecule has 2 heterocycles. The molecule has 0 fully saturated rings. The summed E-state index contributed by atoms with van der Waals surface area (Å²) in [7, 11) is 0. The molecule has 1 aromatic heterocycles. The Labute approximate surface area is 198 Å². The smallest absolute Gasteiger partial charge is 0.319 e. The second-order valence-electron chi connectivity index (χ2n) is 8.65. The van der Waals surface area contributed by atoms with Gasteiger partial charge in [-0.2, -0.15) is 0 Å². The van der Waals surface area contributed by atoms with Crippen molar-refractivity contribution in [3.63, 3.8) is 0 Å². The van der Waals surface area contributed by atoms with Gasteiger partial charge in [0.05, 0.1) is 6.42 Å². The zero-order valence-corrected chi connectivity index (χ0v) is 19.2. The second kappa shape index (κ2) is 10.9. The summed E-state index contributed by atoms with van der Waals surface area (Å²) in [5.41, 5.74) is 3.41. The van der Waals surface area contributed by atoms with Crippen LogP contribution in [0, 0.1) is 5.82 Å². The van der Waals surface area contributed by atoms with Crippen LogP contribution in [0.15, 0.2) is 60.9 Å². The van der Waals surface area contributed by atoms with Crippen LogP contribution < -0.4 is 15.6 Å². The Hall–Kier alpha value is -3.74. The number of aromatic nitrogens is 1. The van der Waals surface area contributed by atoms with E-state index in [1.165, 1.54) is 12.1 Å². The molecule has 0 saturated carbocycles. The summed E-state index contributed by atoms with van der Waals surface area (Å²) in [5.74, 6) is 0.459. The Morgan fingerprint density at radius 2 is 1.91 bits per heavy atom. The van der Waals surface area contributed by atoms with Gasteiger partial charge in [0.15, 0.2) is 11.9 Å². The summed E-state index contributed by atoms with van der Waals surface area (Å²) in [5, 5.41) is 7.32. The van der Waals surface area contributed by atoms with Gasteiger partial charge in [-0.25, -0.2) is 9.71 Å². The molecule has 4 rings (SSSR count). The van der Waals surface area contributed by atoms with Gasteiger partial charge >= 0.3 is 5.84 Å². The Balaban J connectivity index is 1.41. The molecule has 0 spiro atoms. The molecule has 0 saturated heterocycles. The zero-order valence-electron chi connectivity index (χ0n) is 19.2. The fourth-order valence-electron chi connectivity index (χ4n) is 4.18. The predicted molar refractivity (Wildman–Crippen MR) is 132 cm³/mol. The van der Waals surface area contributed by atoms with Crippen molar-refractivity contribution in [1.29, 1.82) is 0 Å². The van der Waals surface area contributed by atoms with Gasteiger partial charge in [0, 0.05) is 29.1 Å². The number of amides is 1. The Morgan fingerprint density at radius 1 is 1.09 bits per heavy atom. The zero-order chi connectivity index (χ0) is 23.9. The van der Waals surface area contributed by atoms with Crippen molar-refractivity contribution in [1.82, 2.24) is 20.6 Å². The number of hydrogen-bond donors (Lipinski definition) is 3. The summed E-state index contributed by atoms with van der Waals surface area (Å²) >= 11 is 0. The molecule has 1 atom stereocenters. The second-order valence-corrected chi connectivity index (χ2v) is 8.65. The van der Waals surface area contributed by atoms with Gasteiger partial charge in [-0.3, -0.25) is 4.79 Å². The van der Waals surface area contributed by atoms with Gasteiger partial charge in [-0.1, -0.05) is 43.2 Å². The molecule has 2 aromatic carbocycles. The van der Waals surface area contributed by atoms with Crippen molar-refractivity contribution in [2.75, 3.05) is 0 Å². The number of unbranched alkanes of at least 4 members (excludes halogenated alkanes) is 2. The lowest BCUT2D eigenvalue weighted by atomic mass is 10.0. The Bertz CT molecular complexity index is 1230. The summed E-state index contributed by atoms with van der Waals surface area (Å²) in [6, 6.07) is 14.2. The molecule has 1 amide bonds. The normalized spacial score (nSPS) is 13.8. The van der Waals surface area contributed by atoms with E-state index in [0.717, 1.165) is 41.5 Å². The van der Waals surface area contributed by atoms with Crippen molar-refractivity contribution < 1.29 is 14.0 Å². The number of H-pyrrole nitrogens is 1. The van der Waals surface area contributed by atoms with Crippen molar-refractivity contribution in [2.24, 2.45) is 0 Å². The molecule has 1 aliphatic rings. The van der Waals surface area contributed by atoms with Gasteiger partial charge < -0.3 is 15.1 Å². The van der Waals surface area contributed by atoms with Gasteiger partial charge in [0.2, 0.25) is 5.91 Å². The van der Waals surface area contributed by atoms with Crippen LogP contribution >= 0.6 is 0 Å². The predicted octanol–water partition coefficient (Wildman–Crippen LogP) is 4.21. The highest BCUT2D eigenvalue weighted by Crippen LogP contribution is 2.20. The molecule has 3 aromatic rings. The van der Waals surface area contributed by atoms with Crippen molar-refractivity contribution in [2.45, 2.75) is 51.5 Å². The summed E-state index contributed by atoms with van der Waals surface area (Å²) in [6.45, 7) is 1.61. The minimum Gasteiger partial charge on any atom is -0.361 e. The van der Waals surface area contributed by atoms with Gasteiger partial charge in [0.1, 0.15) is 17.6 Å². The minimum atomic E-state index is -0.317. The number of fused-ring (bicyclic) bond motifs is 1. The number of ketones is 1. The van der Waals surface area contributed by atoms with E-state index in [9.17, 15) is 14.0 Å². The van der Waals surface area contributed by atoms with E-state index in [1.54, 1.807) is 25.4 Å². The van der Waals surface area contributed by atoms with Crippen LogP contribution in [0.5, 0.6) is 0 Å². The quantitative estimate of drug-likeness (QED) is 0.375. The number of rotatable bonds is 11. The summed E-state index contributed by atoms with van der Waals surface area (Å²) < 4.78 is 13.5. The van der Waals surface area contributed by atoms with Crippen LogP contribution in [0.25, 0.3) is 16.6 Å². The number of nitrogens with one attached hydrogen (secondary N) is 3. The first kappa shape index (κ1) is 23.4. The molecule has 175 valence electrons. The molecular weight excluding hydrogens is 431 g/mol. The maximum atomic E-state index is 13.5. The summed E-state index contributed by atoms with van der Waals surface area (Å²) in [6.07, 6.45) is 7.63. The molecule has 1 aliphatic heterocycles. The lowest BCUT2D eigenvalue weighted by molar-refractivity contribution is -0.120. The number of aromatic amines is 1. The molecule has 1 radical (unpaired) electrons. The molecule has 34 heavy (non-hydrogen) atoms. The maximum absolute atomic E-state index is 13.5. The van der Waals surface area contributed by atoms with Gasteiger partial charge in [-0.15, -0.1) is 0 Å². The number of carbonyl (C=O) groups excluding carboxylic acids is 2. The van der Waals surface area contributed by atoms with Crippen molar-refractivity contribution in [3.8, 4) is 0 Å². The third kappa shape index (κ3) is 5.98. The molecule has 3 N–H and O–H groups in total. The van der Waals surface area contributed by atoms with Crippen LogP contribution in [-0.2, 0) is 16.0 Å². The number of aliphatic imine (C=N–C) groups is 1. The minimum absolute atomic E-state index is 0.128. The number of benzene rings is 2. The molecule has 6 nitrogen and oxygen atoms in total. The Morgan fingerprint density at radius 3 is 2.71 bits per heavy atom. The Kier molecular flexibility index (Phi) is 7.52. The maximum Gasteiger partial charge on any atom is 0.319 e. The SMILES string of the molecule is CC(=O)CCCCC[C@H](NC(=O)Cc1c[nH]c2cc(F)ccc12)C1=[N+]C=C(c2ccccc2)N1. The van der Waals surface area contributed by atoms with E-state index < -0.39 is 0 Å². The molecule has 7 heteroatoms. The lowest BCUT2D eigenvalue weighted by Crippen LogP contribution is -2.47. The molecule has 0 unspecified atom stereocenters. The van der Waals surface area contributed by atoms with E-state index in [-0.39, 0.29) is 30.0 Å². The van der Waals surface area contributed by atoms with Crippen molar-refractivity contribution >= 4 is 34.1 Å². The average molecular weight is 461 g/mol. The number of nitrogens with zero attached hydrogens (tertiary/aromatic N) is 1. The fourth-order valence-corrected chi connectivity index (χ4v) is 4.18. The van der Waals surface area contributed by atoms with E-state index in [1.807, 2.05) is 30.3 Å². The highest BCUT2D eigenvalue weighted by atomic mass is 19.1. The van der Waals surface area contributed by atoms with Crippen LogP contribution in [-0.4, -0.2) is 28.6 Å². The topological polar surface area (TPSA) is 88.1 Å². The third-order valence-corrected chi connectivity index (χ3v) is 5.95. The van der Waals surface area contributed by atoms with Crippen LogP contribution in [0.1, 0.15) is 50.2 Å².